The summed E-state index contributed by atoms with van der Waals surface area (Å²) >= 11 is 0. The van der Waals surface area contributed by atoms with Crippen LogP contribution in [0.1, 0.15) is 18.5 Å². The van der Waals surface area contributed by atoms with Crippen LogP contribution in [0, 0.1) is 25.1 Å². The molecule has 180 valence electrons. The summed E-state index contributed by atoms with van der Waals surface area (Å²) < 4.78 is 35.7. The fraction of sp³-hybridized carbons (Fsp3) is 0.231. The Bertz CT molecular complexity index is 1680. The van der Waals surface area contributed by atoms with Crippen LogP contribution in [0.2, 0.25) is 0 Å². The number of fused-ring (bicyclic) bond motifs is 2. The minimum absolute atomic E-state index is 0.101. The van der Waals surface area contributed by atoms with Crippen LogP contribution in [-0.2, 0) is 0 Å². The Balaban J connectivity index is 1.66. The van der Waals surface area contributed by atoms with Gasteiger partial charge in [0.2, 0.25) is 5.69 Å². The molecule has 2 aromatic carbocycles. The Hall–Kier alpha value is -4.36. The minimum atomic E-state index is -0.676. The van der Waals surface area contributed by atoms with Crippen molar-refractivity contribution in [1.29, 1.82) is 0 Å². The lowest BCUT2D eigenvalue weighted by molar-refractivity contribution is 0.450. The van der Waals surface area contributed by atoms with E-state index in [9.17, 15) is 4.39 Å². The second kappa shape index (κ2) is 8.39. The fourth-order valence-electron chi connectivity index (χ4n) is 4.80. The highest BCUT2D eigenvalue weighted by molar-refractivity contribution is 6.05. The molecule has 1 fully saturated rings. The van der Waals surface area contributed by atoms with Gasteiger partial charge in [-0.2, -0.15) is 0 Å². The molecule has 0 saturated carbocycles. The van der Waals surface area contributed by atoms with Gasteiger partial charge in [0.25, 0.3) is 0 Å². The van der Waals surface area contributed by atoms with Gasteiger partial charge in [0.05, 0.1) is 24.3 Å². The predicted octanol–water partition coefficient (Wildman–Crippen LogP) is 5.50. The molecule has 1 aliphatic heterocycles. The highest BCUT2D eigenvalue weighted by Gasteiger charge is 2.27. The molecule has 0 amide bonds. The highest BCUT2D eigenvalue weighted by Crippen LogP contribution is 2.42. The number of imidazole rings is 1. The van der Waals surface area contributed by atoms with E-state index >= 15 is 4.39 Å². The number of aryl methyl sites for hydroxylation is 1. The smallest absolute Gasteiger partial charge is 0.222 e. The van der Waals surface area contributed by atoms with Gasteiger partial charge in [0, 0.05) is 41.2 Å². The second-order valence-corrected chi connectivity index (χ2v) is 8.98. The van der Waals surface area contributed by atoms with Gasteiger partial charge in [-0.15, -0.1) is 0 Å². The van der Waals surface area contributed by atoms with E-state index in [1.165, 1.54) is 24.5 Å². The van der Waals surface area contributed by atoms with E-state index in [4.69, 9.17) is 21.8 Å². The highest BCUT2D eigenvalue weighted by atomic mass is 19.1. The van der Waals surface area contributed by atoms with Crippen molar-refractivity contribution in [1.82, 2.24) is 20.1 Å². The summed E-state index contributed by atoms with van der Waals surface area (Å²) in [6.07, 6.45) is 3.15. The van der Waals surface area contributed by atoms with Crippen LogP contribution in [0.4, 0.5) is 20.3 Å². The van der Waals surface area contributed by atoms with E-state index in [0.717, 1.165) is 12.8 Å². The lowest BCUT2D eigenvalue weighted by atomic mass is 9.95. The zero-order valence-electron chi connectivity index (χ0n) is 19.3. The standard InChI is InChI=1S/C26H21F2N7O/c1-13-16-10-18(27)17(11-21(16)36-34-13)22-23(14-3-4-20(30-2)19(28)9-14)33-26(25-24(22)31-12-32-25)35-7-5-15(29)6-8-35/h3-4,9-12,15H,5-8,29H2,1H3,(H,31,32). The van der Waals surface area contributed by atoms with Crippen molar-refractivity contribution in [3.8, 4) is 22.4 Å². The molecule has 0 radical (unpaired) electrons. The van der Waals surface area contributed by atoms with Crippen LogP contribution in [0.5, 0.6) is 0 Å². The maximum absolute atomic E-state index is 15.6. The van der Waals surface area contributed by atoms with Gasteiger partial charge in [-0.3, -0.25) is 0 Å². The number of aromatic amines is 1. The first-order valence-electron chi connectivity index (χ1n) is 11.6. The van der Waals surface area contributed by atoms with Crippen LogP contribution in [0.3, 0.4) is 0 Å². The van der Waals surface area contributed by atoms with Gasteiger partial charge in [-0.1, -0.05) is 17.3 Å². The van der Waals surface area contributed by atoms with Crippen LogP contribution in [0.25, 0.3) is 49.2 Å². The third kappa shape index (κ3) is 3.48. The number of rotatable bonds is 3. The van der Waals surface area contributed by atoms with Gasteiger partial charge in [-0.25, -0.2) is 23.6 Å². The maximum atomic E-state index is 15.6. The van der Waals surface area contributed by atoms with Crippen LogP contribution < -0.4 is 10.6 Å². The molecule has 4 heterocycles. The molecule has 5 aromatic rings. The lowest BCUT2D eigenvalue weighted by Crippen LogP contribution is -2.40. The van der Waals surface area contributed by atoms with Gasteiger partial charge in [0.15, 0.2) is 11.4 Å². The van der Waals surface area contributed by atoms with Gasteiger partial charge >= 0.3 is 0 Å². The van der Waals surface area contributed by atoms with Crippen molar-refractivity contribution in [2.45, 2.75) is 25.8 Å². The molecule has 0 aliphatic carbocycles. The quantitative estimate of drug-likeness (QED) is 0.327. The largest absolute Gasteiger partial charge is 0.356 e. The van der Waals surface area contributed by atoms with E-state index in [-0.39, 0.29) is 17.3 Å². The average Bonchev–Trinajstić information content (AvgIpc) is 3.50. The SMILES string of the molecule is [C-]#[N+]c1ccc(-c2nc(N3CCC(N)CC3)c3[nH]cnc3c2-c2cc3onc(C)c3cc2F)cc1F. The summed E-state index contributed by atoms with van der Waals surface area (Å²) in [4.78, 5) is 18.0. The zero-order valence-corrected chi connectivity index (χ0v) is 19.3. The molecule has 1 aliphatic rings. The Morgan fingerprint density at radius 3 is 2.72 bits per heavy atom. The normalized spacial score (nSPS) is 14.6. The third-order valence-electron chi connectivity index (χ3n) is 6.74. The number of piperidine rings is 1. The van der Waals surface area contributed by atoms with Crippen molar-refractivity contribution in [2.24, 2.45) is 5.73 Å². The monoisotopic (exact) mass is 485 g/mol. The molecule has 6 rings (SSSR count). The van der Waals surface area contributed by atoms with Crippen molar-refractivity contribution in [3.05, 3.63) is 65.4 Å². The number of hydrogen-bond donors (Lipinski definition) is 2. The topological polar surface area (TPSA) is 101 Å². The predicted molar refractivity (Wildman–Crippen MR) is 133 cm³/mol. The number of pyridine rings is 1. The Morgan fingerprint density at radius 1 is 1.17 bits per heavy atom. The molecule has 3 N–H and O–H groups in total. The lowest BCUT2D eigenvalue weighted by Gasteiger charge is -2.32. The number of benzene rings is 2. The molecule has 0 unspecified atom stereocenters. The van der Waals surface area contributed by atoms with Gasteiger partial charge < -0.3 is 20.1 Å². The third-order valence-corrected chi connectivity index (χ3v) is 6.74. The number of nitrogens with one attached hydrogen (secondary N) is 1. The molecule has 8 nitrogen and oxygen atoms in total. The number of aromatic nitrogens is 4. The molecule has 10 heteroatoms. The minimum Gasteiger partial charge on any atom is -0.356 e. The van der Waals surface area contributed by atoms with E-state index in [0.29, 0.717) is 63.4 Å². The Kier molecular flexibility index (Phi) is 5.16. The summed E-state index contributed by atoms with van der Waals surface area (Å²) in [6, 6.07) is 7.34. The van der Waals surface area contributed by atoms with Crippen molar-refractivity contribution in [2.75, 3.05) is 18.0 Å². The molecule has 1 saturated heterocycles. The van der Waals surface area contributed by atoms with E-state index in [2.05, 4.69) is 24.9 Å². The molecule has 0 atom stereocenters. The number of nitrogens with zero attached hydrogens (tertiary/aromatic N) is 5. The Labute approximate surface area is 204 Å². The molecule has 36 heavy (non-hydrogen) atoms. The van der Waals surface area contributed by atoms with Crippen LogP contribution in [0.15, 0.2) is 41.2 Å². The van der Waals surface area contributed by atoms with Crippen LogP contribution in [-0.4, -0.2) is 39.2 Å². The first-order chi connectivity index (χ1) is 17.4. The number of nitrogens with two attached hydrogens (primary N) is 1. The first kappa shape index (κ1) is 22.1. The van der Waals surface area contributed by atoms with Crippen molar-refractivity contribution in [3.63, 3.8) is 0 Å². The summed E-state index contributed by atoms with van der Waals surface area (Å²) in [5.41, 5.74) is 9.51. The first-order valence-corrected chi connectivity index (χ1v) is 11.6. The maximum Gasteiger partial charge on any atom is 0.222 e. The fourth-order valence-corrected chi connectivity index (χ4v) is 4.80. The van der Waals surface area contributed by atoms with E-state index in [1.54, 1.807) is 19.1 Å². The van der Waals surface area contributed by atoms with E-state index in [1.807, 2.05) is 0 Å². The van der Waals surface area contributed by atoms with Crippen LogP contribution >= 0.6 is 0 Å². The second-order valence-electron chi connectivity index (χ2n) is 8.98. The summed E-state index contributed by atoms with van der Waals surface area (Å²) in [7, 11) is 0. The summed E-state index contributed by atoms with van der Waals surface area (Å²) in [5, 5.41) is 4.51. The molecular formula is C26H21F2N7O. The summed E-state index contributed by atoms with van der Waals surface area (Å²) in [5.74, 6) is -0.541. The van der Waals surface area contributed by atoms with Gasteiger partial charge in [-0.05, 0) is 38.0 Å². The number of halogens is 2. The van der Waals surface area contributed by atoms with Crippen molar-refractivity contribution < 1.29 is 13.3 Å². The molecular weight excluding hydrogens is 464 g/mol. The number of anilines is 1. The number of hydrogen-bond acceptors (Lipinski definition) is 6. The zero-order chi connectivity index (χ0) is 25.0. The van der Waals surface area contributed by atoms with Crippen molar-refractivity contribution >= 4 is 33.5 Å². The Morgan fingerprint density at radius 2 is 1.97 bits per heavy atom. The summed E-state index contributed by atoms with van der Waals surface area (Å²) in [6.45, 7) is 10.3. The van der Waals surface area contributed by atoms with Gasteiger partial charge in [0.1, 0.15) is 22.7 Å². The molecule has 0 spiro atoms. The number of H-pyrrole nitrogens is 1. The molecule has 3 aromatic heterocycles. The average molecular weight is 485 g/mol. The van der Waals surface area contributed by atoms with E-state index < -0.39 is 11.6 Å². The molecule has 0 bridgehead atoms.